The average Bonchev–Trinajstić information content (AvgIpc) is 2.89. The fourth-order valence-corrected chi connectivity index (χ4v) is 3.81. The molecule has 0 bridgehead atoms. The van der Waals surface area contributed by atoms with Crippen LogP contribution in [0.1, 0.15) is 38.5 Å². The summed E-state index contributed by atoms with van der Waals surface area (Å²) in [4.78, 5) is 0. The van der Waals surface area contributed by atoms with Crippen LogP contribution in [-0.2, 0) is 9.47 Å². The highest BCUT2D eigenvalue weighted by atomic mass is 16.6. The van der Waals surface area contributed by atoms with Gasteiger partial charge in [0.05, 0.1) is 12.2 Å². The van der Waals surface area contributed by atoms with E-state index < -0.39 is 0 Å². The first-order valence-corrected chi connectivity index (χ1v) is 6.75. The highest BCUT2D eigenvalue weighted by Gasteiger charge is 2.43. The molecule has 0 aromatic heterocycles. The molecule has 1 aliphatic carbocycles. The van der Waals surface area contributed by atoms with Crippen LogP contribution < -0.4 is 5.73 Å². The molecule has 4 unspecified atom stereocenters. The Morgan fingerprint density at radius 3 is 2.69 bits per heavy atom. The van der Waals surface area contributed by atoms with Gasteiger partial charge in [0.2, 0.25) is 0 Å². The Balaban J connectivity index is 1.63. The Bertz CT molecular complexity index is 250. The van der Waals surface area contributed by atoms with Gasteiger partial charge in [0.15, 0.2) is 0 Å². The van der Waals surface area contributed by atoms with Gasteiger partial charge in [-0.1, -0.05) is 0 Å². The molecule has 3 aliphatic rings. The topological polar surface area (TPSA) is 44.5 Å². The normalized spacial score (nSPS) is 48.9. The van der Waals surface area contributed by atoms with Gasteiger partial charge in [0, 0.05) is 25.7 Å². The van der Waals surface area contributed by atoms with Gasteiger partial charge in [-0.05, 0) is 43.9 Å². The minimum atomic E-state index is 0.0790. The molecule has 3 rings (SSSR count). The number of hydrogen-bond acceptors (Lipinski definition) is 3. The molecule has 2 aliphatic heterocycles. The van der Waals surface area contributed by atoms with Crippen molar-refractivity contribution in [3.63, 3.8) is 0 Å². The first kappa shape index (κ1) is 11.0. The van der Waals surface area contributed by atoms with E-state index in [4.69, 9.17) is 15.2 Å². The lowest BCUT2D eigenvalue weighted by atomic mass is 9.77. The second kappa shape index (κ2) is 4.28. The fraction of sp³-hybridized carbons (Fsp3) is 1.00. The second-order valence-electron chi connectivity index (χ2n) is 5.92. The highest BCUT2D eigenvalue weighted by molar-refractivity contribution is 4.94. The summed E-state index contributed by atoms with van der Waals surface area (Å²) in [6.45, 7) is 2.64. The molecular formula is C13H23NO2. The smallest absolute Gasteiger partial charge is 0.0939 e. The Kier molecular flexibility index (Phi) is 2.94. The standard InChI is InChI=1S/C13H23NO2/c14-12-2-1-10(7-12)11-3-5-16-13(8-11)4-6-15-9-13/h10-12H,1-9,14H2. The zero-order chi connectivity index (χ0) is 11.0. The van der Waals surface area contributed by atoms with E-state index >= 15 is 0 Å². The van der Waals surface area contributed by atoms with Crippen LogP contribution in [0.3, 0.4) is 0 Å². The molecule has 2 N–H and O–H groups in total. The number of nitrogens with two attached hydrogens (primary N) is 1. The van der Waals surface area contributed by atoms with Crippen LogP contribution in [0.2, 0.25) is 0 Å². The average molecular weight is 225 g/mol. The molecule has 0 amide bonds. The fourth-order valence-electron chi connectivity index (χ4n) is 3.81. The minimum absolute atomic E-state index is 0.0790. The Labute approximate surface area is 97.7 Å². The number of ether oxygens (including phenoxy) is 2. The van der Waals surface area contributed by atoms with Crippen molar-refractivity contribution in [2.75, 3.05) is 19.8 Å². The molecule has 16 heavy (non-hydrogen) atoms. The molecule has 0 aromatic carbocycles. The minimum Gasteiger partial charge on any atom is -0.378 e. The molecular weight excluding hydrogens is 202 g/mol. The molecule has 92 valence electrons. The van der Waals surface area contributed by atoms with Crippen LogP contribution in [0.5, 0.6) is 0 Å². The lowest BCUT2D eigenvalue weighted by Gasteiger charge is -2.39. The van der Waals surface area contributed by atoms with E-state index in [0.29, 0.717) is 6.04 Å². The summed E-state index contributed by atoms with van der Waals surface area (Å²) in [6.07, 6.45) is 7.35. The quantitative estimate of drug-likeness (QED) is 0.738. The molecule has 1 saturated carbocycles. The Hall–Kier alpha value is -0.120. The third-order valence-electron chi connectivity index (χ3n) is 4.78. The van der Waals surface area contributed by atoms with Gasteiger partial charge in [-0.25, -0.2) is 0 Å². The van der Waals surface area contributed by atoms with Gasteiger partial charge in [-0.15, -0.1) is 0 Å². The maximum Gasteiger partial charge on any atom is 0.0939 e. The van der Waals surface area contributed by atoms with Gasteiger partial charge in [0.1, 0.15) is 0 Å². The SMILES string of the molecule is NC1CCC(C2CCOC3(CCOC3)C2)C1. The maximum absolute atomic E-state index is 6.02. The summed E-state index contributed by atoms with van der Waals surface area (Å²) in [5, 5.41) is 0. The van der Waals surface area contributed by atoms with Crippen molar-refractivity contribution < 1.29 is 9.47 Å². The molecule has 3 heteroatoms. The molecule has 4 atom stereocenters. The van der Waals surface area contributed by atoms with Crippen molar-refractivity contribution in [1.29, 1.82) is 0 Å². The van der Waals surface area contributed by atoms with E-state index in [9.17, 15) is 0 Å². The van der Waals surface area contributed by atoms with Crippen LogP contribution in [-0.4, -0.2) is 31.5 Å². The lowest BCUT2D eigenvalue weighted by molar-refractivity contribution is -0.106. The monoisotopic (exact) mass is 225 g/mol. The Morgan fingerprint density at radius 2 is 2.00 bits per heavy atom. The van der Waals surface area contributed by atoms with E-state index in [1.165, 1.54) is 32.1 Å². The predicted octanol–water partition coefficient (Wildman–Crippen LogP) is 1.70. The van der Waals surface area contributed by atoms with Gasteiger partial charge in [0.25, 0.3) is 0 Å². The van der Waals surface area contributed by atoms with Crippen LogP contribution in [0.25, 0.3) is 0 Å². The van der Waals surface area contributed by atoms with Gasteiger partial charge < -0.3 is 15.2 Å². The number of rotatable bonds is 1. The lowest BCUT2D eigenvalue weighted by Crippen LogP contribution is -2.42. The molecule has 1 spiro atoms. The van der Waals surface area contributed by atoms with Crippen molar-refractivity contribution in [2.45, 2.75) is 50.2 Å². The van der Waals surface area contributed by atoms with E-state index in [-0.39, 0.29) is 5.60 Å². The predicted molar refractivity (Wildman–Crippen MR) is 62.2 cm³/mol. The first-order valence-electron chi connectivity index (χ1n) is 6.75. The van der Waals surface area contributed by atoms with Crippen LogP contribution in [0.15, 0.2) is 0 Å². The van der Waals surface area contributed by atoms with Crippen molar-refractivity contribution in [1.82, 2.24) is 0 Å². The van der Waals surface area contributed by atoms with E-state index in [1.807, 2.05) is 0 Å². The maximum atomic E-state index is 6.02. The summed E-state index contributed by atoms with van der Waals surface area (Å²) < 4.78 is 11.5. The van der Waals surface area contributed by atoms with Crippen molar-refractivity contribution in [3.8, 4) is 0 Å². The zero-order valence-electron chi connectivity index (χ0n) is 9.99. The molecule has 3 fully saturated rings. The van der Waals surface area contributed by atoms with Gasteiger partial charge >= 0.3 is 0 Å². The Morgan fingerprint density at radius 1 is 1.06 bits per heavy atom. The van der Waals surface area contributed by atoms with E-state index in [0.717, 1.165) is 38.1 Å². The van der Waals surface area contributed by atoms with Gasteiger partial charge in [-0.2, -0.15) is 0 Å². The van der Waals surface area contributed by atoms with Crippen LogP contribution in [0.4, 0.5) is 0 Å². The summed E-state index contributed by atoms with van der Waals surface area (Å²) in [7, 11) is 0. The van der Waals surface area contributed by atoms with E-state index in [2.05, 4.69) is 0 Å². The van der Waals surface area contributed by atoms with Crippen molar-refractivity contribution in [3.05, 3.63) is 0 Å². The van der Waals surface area contributed by atoms with Gasteiger partial charge in [-0.3, -0.25) is 0 Å². The highest BCUT2D eigenvalue weighted by Crippen LogP contribution is 2.43. The van der Waals surface area contributed by atoms with Crippen LogP contribution in [0, 0.1) is 11.8 Å². The molecule has 2 saturated heterocycles. The molecule has 0 radical (unpaired) electrons. The largest absolute Gasteiger partial charge is 0.378 e. The zero-order valence-corrected chi connectivity index (χ0v) is 9.99. The summed E-state index contributed by atoms with van der Waals surface area (Å²) in [6, 6.07) is 0.462. The molecule has 0 aromatic rings. The van der Waals surface area contributed by atoms with Crippen molar-refractivity contribution >= 4 is 0 Å². The molecule has 2 heterocycles. The second-order valence-corrected chi connectivity index (χ2v) is 5.92. The summed E-state index contributed by atoms with van der Waals surface area (Å²) >= 11 is 0. The third-order valence-corrected chi connectivity index (χ3v) is 4.78. The van der Waals surface area contributed by atoms with Crippen molar-refractivity contribution in [2.24, 2.45) is 17.6 Å². The van der Waals surface area contributed by atoms with E-state index in [1.54, 1.807) is 0 Å². The summed E-state index contributed by atoms with van der Waals surface area (Å²) in [5.74, 6) is 1.69. The number of hydrogen-bond donors (Lipinski definition) is 1. The van der Waals surface area contributed by atoms with Crippen LogP contribution >= 0.6 is 0 Å². The summed E-state index contributed by atoms with van der Waals surface area (Å²) in [5.41, 5.74) is 6.10. The third kappa shape index (κ3) is 2.01. The molecule has 3 nitrogen and oxygen atoms in total. The first-order chi connectivity index (χ1) is 7.77.